The lowest BCUT2D eigenvalue weighted by Gasteiger charge is -2.21. The van der Waals surface area contributed by atoms with Gasteiger partial charge in [0.1, 0.15) is 12.4 Å². The molecule has 0 spiro atoms. The fourth-order valence-electron chi connectivity index (χ4n) is 4.87. The Morgan fingerprint density at radius 3 is 2.47 bits per heavy atom. The fraction of sp³-hybridized carbons (Fsp3) is 0.400. The van der Waals surface area contributed by atoms with Crippen molar-refractivity contribution in [1.29, 1.82) is 0 Å². The Kier molecular flexibility index (Phi) is 5.63. The van der Waals surface area contributed by atoms with Crippen molar-refractivity contribution in [3.8, 4) is 11.4 Å². The zero-order valence-corrected chi connectivity index (χ0v) is 19.0. The van der Waals surface area contributed by atoms with Gasteiger partial charge >= 0.3 is 5.97 Å². The molecule has 7 heteroatoms. The van der Waals surface area contributed by atoms with E-state index in [4.69, 9.17) is 9.72 Å². The van der Waals surface area contributed by atoms with Crippen molar-refractivity contribution in [3.05, 3.63) is 61.7 Å². The summed E-state index contributed by atoms with van der Waals surface area (Å²) in [4.78, 5) is 29.4. The van der Waals surface area contributed by atoms with Gasteiger partial charge < -0.3 is 14.4 Å². The first-order chi connectivity index (χ1) is 15.5. The van der Waals surface area contributed by atoms with Crippen LogP contribution in [0.15, 0.2) is 16.9 Å². The molecular weight excluding hydrogens is 411 g/mol. The number of pyridine rings is 2. The molecule has 3 aromatic rings. The number of aliphatic hydroxyl groups excluding tert-OH is 1. The average molecular weight is 438 g/mol. The Balaban J connectivity index is 0.000000582. The Labute approximate surface area is 185 Å². The van der Waals surface area contributed by atoms with Crippen LogP contribution in [0.5, 0.6) is 0 Å². The van der Waals surface area contributed by atoms with Crippen molar-refractivity contribution in [2.24, 2.45) is 0 Å². The molecule has 1 atom stereocenters. The molecule has 3 aliphatic rings. The van der Waals surface area contributed by atoms with E-state index in [1.54, 1.807) is 17.6 Å². The second-order valence-corrected chi connectivity index (χ2v) is 7.64. The van der Waals surface area contributed by atoms with Crippen molar-refractivity contribution < 1.29 is 19.0 Å². The number of esters is 1. The van der Waals surface area contributed by atoms with Gasteiger partial charge in [-0.05, 0) is 42.5 Å². The van der Waals surface area contributed by atoms with E-state index >= 15 is 0 Å². The first kappa shape index (κ1) is 22.1. The predicted molar refractivity (Wildman–Crippen MR) is 120 cm³/mol. The van der Waals surface area contributed by atoms with Crippen molar-refractivity contribution in [2.45, 2.75) is 66.7 Å². The normalized spacial score (nSPS) is 16.8. The number of ether oxygens (including phenoxy) is 1. The van der Waals surface area contributed by atoms with Gasteiger partial charge in [-0.25, -0.2) is 14.2 Å². The van der Waals surface area contributed by atoms with E-state index in [0.29, 0.717) is 34.6 Å². The second kappa shape index (κ2) is 8.13. The number of nitrogens with zero attached hydrogens (tertiary/aromatic N) is 2. The highest BCUT2D eigenvalue weighted by Gasteiger charge is 2.35. The van der Waals surface area contributed by atoms with Gasteiger partial charge in [0.15, 0.2) is 6.10 Å². The van der Waals surface area contributed by atoms with Gasteiger partial charge in [-0.2, -0.15) is 0 Å². The summed E-state index contributed by atoms with van der Waals surface area (Å²) in [6.45, 7) is 10.0. The first-order valence-corrected chi connectivity index (χ1v) is 11.2. The van der Waals surface area contributed by atoms with E-state index in [2.05, 4.69) is 0 Å². The van der Waals surface area contributed by atoms with Crippen LogP contribution in [0, 0.1) is 12.7 Å². The van der Waals surface area contributed by atoms with Crippen LogP contribution in [0.3, 0.4) is 0 Å². The molecular formula is C25H27FN2O4. The topological polar surface area (TPSA) is 81.4 Å². The molecule has 1 aromatic carbocycles. The molecule has 0 fully saturated rings. The number of hydrogen-bond acceptors (Lipinski definition) is 5. The number of benzene rings is 1. The number of halogens is 1. The van der Waals surface area contributed by atoms with E-state index < -0.39 is 12.1 Å². The quantitative estimate of drug-likeness (QED) is 0.418. The molecule has 4 heterocycles. The van der Waals surface area contributed by atoms with E-state index in [-0.39, 0.29) is 23.5 Å². The minimum atomic E-state index is -1.48. The Bertz CT molecular complexity index is 1330. The molecule has 2 aliphatic heterocycles. The van der Waals surface area contributed by atoms with Crippen LogP contribution in [0.25, 0.3) is 22.3 Å². The molecule has 168 valence electrons. The van der Waals surface area contributed by atoms with E-state index in [9.17, 15) is 19.1 Å². The lowest BCUT2D eigenvalue weighted by atomic mass is 9.98. The summed E-state index contributed by atoms with van der Waals surface area (Å²) >= 11 is 0. The average Bonchev–Trinajstić information content (AvgIpc) is 3.41. The first-order valence-electron chi connectivity index (χ1n) is 11.2. The lowest BCUT2D eigenvalue weighted by molar-refractivity contribution is -0.157. The molecule has 6 nitrogen and oxygen atoms in total. The summed E-state index contributed by atoms with van der Waals surface area (Å²) in [5, 5.41) is 11.2. The Morgan fingerprint density at radius 1 is 1.06 bits per heavy atom. The van der Waals surface area contributed by atoms with Crippen LogP contribution in [0.1, 0.15) is 67.2 Å². The molecule has 1 N–H and O–H groups in total. The molecule has 2 aromatic heterocycles. The molecule has 0 saturated carbocycles. The Morgan fingerprint density at radius 2 is 1.75 bits per heavy atom. The molecule has 32 heavy (non-hydrogen) atoms. The van der Waals surface area contributed by atoms with Crippen LogP contribution in [-0.4, -0.2) is 20.6 Å². The maximum atomic E-state index is 14.4. The van der Waals surface area contributed by atoms with Crippen LogP contribution in [-0.2, 0) is 35.5 Å². The molecule has 1 unspecified atom stereocenters. The standard InChI is InChI=1S/C21H15FN2O4.2C2H6/c1-8-9-2-3-10-12-6-24-16(18(12)23-15(17(9)10)5-14(8)22)4-11-13(20(24)26)7-28-21(27)19(11)25;2*1-2/h4-5,19,25H,2-3,6-7H2,1H3;2*1-2H3. The van der Waals surface area contributed by atoms with Gasteiger partial charge in [0.25, 0.3) is 5.56 Å². The van der Waals surface area contributed by atoms with E-state index in [1.807, 2.05) is 27.7 Å². The van der Waals surface area contributed by atoms with Crippen molar-refractivity contribution in [2.75, 3.05) is 0 Å². The largest absolute Gasteiger partial charge is 0.458 e. The van der Waals surface area contributed by atoms with Crippen LogP contribution in [0.2, 0.25) is 0 Å². The molecule has 0 radical (unpaired) electrons. The number of carbonyl (C=O) groups excluding carboxylic acids is 1. The highest BCUT2D eigenvalue weighted by molar-refractivity contribution is 5.93. The van der Waals surface area contributed by atoms with Crippen molar-refractivity contribution in [3.63, 3.8) is 0 Å². The molecule has 0 saturated heterocycles. The van der Waals surface area contributed by atoms with Crippen LogP contribution >= 0.6 is 0 Å². The van der Waals surface area contributed by atoms with Gasteiger partial charge in [0.2, 0.25) is 0 Å². The lowest BCUT2D eigenvalue weighted by Crippen LogP contribution is -2.32. The SMILES string of the molecule is CC.CC.Cc1c(F)cc2nc3c(c4c2c1CC4)Cn1c-3cc2c(c1=O)COC(=O)C2O. The number of aryl methyl sites for hydroxylation is 2. The maximum absolute atomic E-state index is 14.4. The summed E-state index contributed by atoms with van der Waals surface area (Å²) in [5.74, 6) is -1.04. The molecule has 1 aliphatic carbocycles. The molecule has 6 rings (SSSR count). The highest BCUT2D eigenvalue weighted by atomic mass is 19.1. The summed E-state index contributed by atoms with van der Waals surface area (Å²) in [6.07, 6.45) is 0.0676. The minimum absolute atomic E-state index is 0.141. The minimum Gasteiger partial charge on any atom is -0.458 e. The van der Waals surface area contributed by atoms with Crippen molar-refractivity contribution in [1.82, 2.24) is 9.55 Å². The number of hydrogen-bond donors (Lipinski definition) is 1. The van der Waals surface area contributed by atoms with Crippen molar-refractivity contribution >= 4 is 16.9 Å². The van der Waals surface area contributed by atoms with Crippen LogP contribution in [0.4, 0.5) is 4.39 Å². The Hall–Kier alpha value is -3.06. The second-order valence-electron chi connectivity index (χ2n) is 7.64. The number of rotatable bonds is 0. The fourth-order valence-corrected chi connectivity index (χ4v) is 4.87. The zero-order chi connectivity index (χ0) is 23.3. The summed E-state index contributed by atoms with van der Waals surface area (Å²) in [6, 6.07) is 3.11. The van der Waals surface area contributed by atoms with Gasteiger partial charge in [-0.1, -0.05) is 27.7 Å². The summed E-state index contributed by atoms with van der Waals surface area (Å²) < 4.78 is 20.9. The number of fused-ring (bicyclic) bond motifs is 5. The summed E-state index contributed by atoms with van der Waals surface area (Å²) in [5.41, 5.74) is 5.81. The third-order valence-corrected chi connectivity index (χ3v) is 6.31. The molecule has 0 bridgehead atoms. The zero-order valence-electron chi connectivity index (χ0n) is 19.0. The number of cyclic esters (lactones) is 1. The predicted octanol–water partition coefficient (Wildman–Crippen LogP) is 4.11. The number of aliphatic hydroxyl groups is 1. The number of aromatic nitrogens is 2. The van der Waals surface area contributed by atoms with Crippen LogP contribution < -0.4 is 5.56 Å². The smallest absolute Gasteiger partial charge is 0.340 e. The van der Waals surface area contributed by atoms with E-state index in [1.165, 1.54) is 6.07 Å². The van der Waals surface area contributed by atoms with Gasteiger partial charge in [0, 0.05) is 22.6 Å². The maximum Gasteiger partial charge on any atom is 0.340 e. The van der Waals surface area contributed by atoms with Gasteiger partial charge in [-0.3, -0.25) is 4.79 Å². The van der Waals surface area contributed by atoms with Gasteiger partial charge in [-0.15, -0.1) is 0 Å². The third kappa shape index (κ3) is 2.91. The summed E-state index contributed by atoms with van der Waals surface area (Å²) in [7, 11) is 0. The molecule has 0 amide bonds. The number of carbonyl (C=O) groups is 1. The van der Waals surface area contributed by atoms with Gasteiger partial charge in [0.05, 0.1) is 29.0 Å². The van der Waals surface area contributed by atoms with E-state index in [0.717, 1.165) is 34.9 Å². The monoisotopic (exact) mass is 438 g/mol. The third-order valence-electron chi connectivity index (χ3n) is 6.31. The highest BCUT2D eigenvalue weighted by Crippen LogP contribution is 2.42.